The zero-order valence-electron chi connectivity index (χ0n) is 18.1. The first-order valence-electron chi connectivity index (χ1n) is 11.0. The van der Waals surface area contributed by atoms with Crippen molar-refractivity contribution in [1.29, 1.82) is 0 Å². The van der Waals surface area contributed by atoms with Gasteiger partial charge in [-0.25, -0.2) is 4.98 Å². The molecule has 1 aromatic carbocycles. The number of likely N-dealkylation sites (tertiary alicyclic amines) is 1. The summed E-state index contributed by atoms with van der Waals surface area (Å²) >= 11 is 0. The van der Waals surface area contributed by atoms with Crippen LogP contribution in [0.25, 0.3) is 16.6 Å². The third-order valence-electron chi connectivity index (χ3n) is 6.66. The fourth-order valence-electron chi connectivity index (χ4n) is 4.85. The molecule has 1 N–H and O–H groups in total. The highest BCUT2D eigenvalue weighted by Crippen LogP contribution is 2.34. The third kappa shape index (κ3) is 3.72. The Labute approximate surface area is 181 Å². The molecule has 3 aromatic heterocycles. The predicted octanol–water partition coefficient (Wildman–Crippen LogP) is 3.91. The Kier molecular flexibility index (Phi) is 5.24. The van der Waals surface area contributed by atoms with E-state index >= 15 is 0 Å². The number of nitrogens with zero attached hydrogens (tertiary/aromatic N) is 3. The van der Waals surface area contributed by atoms with E-state index < -0.39 is 0 Å². The second kappa shape index (κ2) is 8.19. The largest absolute Gasteiger partial charge is 0.497 e. The highest BCUT2D eigenvalue weighted by molar-refractivity contribution is 5.85. The molecule has 0 unspecified atom stereocenters. The fourth-order valence-corrected chi connectivity index (χ4v) is 4.85. The van der Waals surface area contributed by atoms with Crippen LogP contribution in [0.15, 0.2) is 53.6 Å². The summed E-state index contributed by atoms with van der Waals surface area (Å²) in [6.45, 7) is 4.93. The van der Waals surface area contributed by atoms with Crippen molar-refractivity contribution in [3.8, 4) is 5.75 Å². The lowest BCUT2D eigenvalue weighted by molar-refractivity contribution is 0.215. The van der Waals surface area contributed by atoms with E-state index in [9.17, 15) is 4.79 Å². The molecule has 4 aromatic rings. The quantitative estimate of drug-likeness (QED) is 0.536. The van der Waals surface area contributed by atoms with Crippen molar-refractivity contribution < 1.29 is 4.74 Å². The van der Waals surface area contributed by atoms with Gasteiger partial charge in [-0.3, -0.25) is 9.20 Å². The summed E-state index contributed by atoms with van der Waals surface area (Å²) in [5.41, 5.74) is 5.00. The van der Waals surface area contributed by atoms with Crippen LogP contribution in [0.1, 0.15) is 35.6 Å². The van der Waals surface area contributed by atoms with Crippen molar-refractivity contribution >= 4 is 16.6 Å². The second-order valence-corrected chi connectivity index (χ2v) is 8.43. The van der Waals surface area contributed by atoms with E-state index in [4.69, 9.17) is 4.74 Å². The third-order valence-corrected chi connectivity index (χ3v) is 6.66. The molecule has 0 bridgehead atoms. The minimum Gasteiger partial charge on any atom is -0.497 e. The van der Waals surface area contributed by atoms with Crippen LogP contribution in [0, 0.1) is 6.92 Å². The molecular formula is C25H28N4O2. The molecule has 0 spiro atoms. The minimum atomic E-state index is 0.0609. The van der Waals surface area contributed by atoms with Crippen LogP contribution in [0.5, 0.6) is 5.75 Å². The highest BCUT2D eigenvalue weighted by Gasteiger charge is 2.23. The Hall–Kier alpha value is -3.12. The molecule has 0 atom stereocenters. The van der Waals surface area contributed by atoms with Crippen molar-refractivity contribution in [2.24, 2.45) is 0 Å². The Bertz CT molecular complexity index is 1280. The summed E-state index contributed by atoms with van der Waals surface area (Å²) in [6, 6.07) is 11.9. The molecule has 0 saturated carbocycles. The average Bonchev–Trinajstić information content (AvgIpc) is 3.22. The number of methoxy groups -OCH3 is 1. The van der Waals surface area contributed by atoms with Crippen LogP contribution >= 0.6 is 0 Å². The van der Waals surface area contributed by atoms with Gasteiger partial charge >= 0.3 is 0 Å². The summed E-state index contributed by atoms with van der Waals surface area (Å²) in [7, 11) is 1.71. The number of piperidine rings is 1. The number of nitrogens with one attached hydrogen (secondary N) is 1. The van der Waals surface area contributed by atoms with E-state index in [1.807, 2.05) is 31.2 Å². The van der Waals surface area contributed by atoms with E-state index in [1.54, 1.807) is 17.7 Å². The fraction of sp³-hybridized carbons (Fsp3) is 0.360. The lowest BCUT2D eigenvalue weighted by atomic mass is 9.89. The number of aromatic nitrogens is 3. The van der Waals surface area contributed by atoms with E-state index in [0.717, 1.165) is 61.4 Å². The minimum absolute atomic E-state index is 0.0609. The molecule has 6 nitrogen and oxygen atoms in total. The SMILES string of the molecule is COc1ccc2[nH]cc(C3CCN(CCc4c(C)nc5ccccn5c4=O)CC3)c2c1. The monoisotopic (exact) mass is 416 g/mol. The number of benzene rings is 1. The van der Waals surface area contributed by atoms with Crippen LogP contribution < -0.4 is 10.3 Å². The van der Waals surface area contributed by atoms with E-state index in [1.165, 1.54) is 10.9 Å². The highest BCUT2D eigenvalue weighted by atomic mass is 16.5. The maximum atomic E-state index is 12.9. The zero-order valence-corrected chi connectivity index (χ0v) is 18.1. The molecule has 1 saturated heterocycles. The lowest BCUT2D eigenvalue weighted by Crippen LogP contribution is -2.35. The van der Waals surface area contributed by atoms with Gasteiger partial charge in [0.25, 0.3) is 5.56 Å². The summed E-state index contributed by atoms with van der Waals surface area (Å²) in [5.74, 6) is 1.45. The van der Waals surface area contributed by atoms with Crippen molar-refractivity contribution in [3.05, 3.63) is 76.0 Å². The first-order chi connectivity index (χ1) is 15.1. The molecule has 1 fully saturated rings. The van der Waals surface area contributed by atoms with Gasteiger partial charge in [0.2, 0.25) is 0 Å². The Morgan fingerprint density at radius 2 is 2.03 bits per heavy atom. The van der Waals surface area contributed by atoms with Gasteiger partial charge in [-0.05, 0) is 81.1 Å². The molecule has 0 aliphatic carbocycles. The van der Waals surface area contributed by atoms with Gasteiger partial charge < -0.3 is 14.6 Å². The van der Waals surface area contributed by atoms with Crippen LogP contribution in [0.4, 0.5) is 0 Å². The summed E-state index contributed by atoms with van der Waals surface area (Å²) in [6.07, 6.45) is 6.95. The molecule has 4 heterocycles. The first kappa shape index (κ1) is 19.8. The lowest BCUT2D eigenvalue weighted by Gasteiger charge is -2.32. The Morgan fingerprint density at radius 1 is 1.19 bits per heavy atom. The van der Waals surface area contributed by atoms with Gasteiger partial charge in [-0.15, -0.1) is 0 Å². The summed E-state index contributed by atoms with van der Waals surface area (Å²) in [5, 5.41) is 1.27. The van der Waals surface area contributed by atoms with Gasteiger partial charge in [-0.2, -0.15) is 0 Å². The number of aromatic amines is 1. The number of pyridine rings is 1. The Balaban J connectivity index is 1.26. The molecule has 1 aliphatic rings. The van der Waals surface area contributed by atoms with Crippen molar-refractivity contribution in [1.82, 2.24) is 19.3 Å². The number of ether oxygens (including phenoxy) is 1. The van der Waals surface area contributed by atoms with Gasteiger partial charge in [0.15, 0.2) is 0 Å². The molecule has 31 heavy (non-hydrogen) atoms. The molecule has 6 heteroatoms. The summed E-state index contributed by atoms with van der Waals surface area (Å²) in [4.78, 5) is 23.4. The van der Waals surface area contributed by atoms with Gasteiger partial charge in [0, 0.05) is 41.1 Å². The molecule has 1 aliphatic heterocycles. The van der Waals surface area contributed by atoms with Gasteiger partial charge in [-0.1, -0.05) is 6.07 Å². The maximum Gasteiger partial charge on any atom is 0.261 e. The smallest absolute Gasteiger partial charge is 0.261 e. The summed E-state index contributed by atoms with van der Waals surface area (Å²) < 4.78 is 7.07. The van der Waals surface area contributed by atoms with Crippen molar-refractivity contribution in [2.45, 2.75) is 32.1 Å². The first-order valence-corrected chi connectivity index (χ1v) is 11.0. The second-order valence-electron chi connectivity index (χ2n) is 8.43. The molecule has 160 valence electrons. The number of hydrogen-bond donors (Lipinski definition) is 1. The number of H-pyrrole nitrogens is 1. The molecule has 5 rings (SSSR count). The van der Waals surface area contributed by atoms with Crippen LogP contribution in [-0.4, -0.2) is 46.0 Å². The number of aryl methyl sites for hydroxylation is 1. The normalized spacial score (nSPS) is 15.7. The van der Waals surface area contributed by atoms with Crippen molar-refractivity contribution in [3.63, 3.8) is 0 Å². The van der Waals surface area contributed by atoms with E-state index in [0.29, 0.717) is 11.6 Å². The molecular weight excluding hydrogens is 388 g/mol. The van der Waals surface area contributed by atoms with Gasteiger partial charge in [0.1, 0.15) is 11.4 Å². The van der Waals surface area contributed by atoms with Crippen LogP contribution in [0.2, 0.25) is 0 Å². The van der Waals surface area contributed by atoms with Crippen LogP contribution in [0.3, 0.4) is 0 Å². The number of hydrogen-bond acceptors (Lipinski definition) is 4. The van der Waals surface area contributed by atoms with Crippen molar-refractivity contribution in [2.75, 3.05) is 26.7 Å². The molecule has 0 amide bonds. The van der Waals surface area contributed by atoms with E-state index in [-0.39, 0.29) is 5.56 Å². The molecule has 0 radical (unpaired) electrons. The van der Waals surface area contributed by atoms with Gasteiger partial charge in [0.05, 0.1) is 7.11 Å². The standard InChI is InChI=1S/C25H28N4O2/c1-17-20(25(30)29-11-4-3-5-24(29)27-17)10-14-28-12-8-18(9-13-28)22-16-26-23-7-6-19(31-2)15-21(22)23/h3-7,11,15-16,18,26H,8-10,12-14H2,1-2H3. The number of rotatable bonds is 5. The average molecular weight is 417 g/mol. The number of fused-ring (bicyclic) bond motifs is 2. The van der Waals surface area contributed by atoms with Crippen LogP contribution in [-0.2, 0) is 6.42 Å². The maximum absolute atomic E-state index is 12.9. The van der Waals surface area contributed by atoms with E-state index in [2.05, 4.69) is 33.2 Å². The topological polar surface area (TPSA) is 62.6 Å². The zero-order chi connectivity index (χ0) is 21.4. The Morgan fingerprint density at radius 3 is 2.84 bits per heavy atom. The predicted molar refractivity (Wildman–Crippen MR) is 123 cm³/mol.